The highest BCUT2D eigenvalue weighted by molar-refractivity contribution is 7.93. The number of anilines is 1. The number of hydrogen-bond donors (Lipinski definition) is 1. The maximum atomic E-state index is 13.8. The number of nitrogens with zero attached hydrogens (tertiary/aromatic N) is 1. The molecule has 1 heterocycles. The molecule has 0 atom stereocenters. The van der Waals surface area contributed by atoms with Gasteiger partial charge in [0.25, 0.3) is 10.0 Å². The second-order valence-electron chi connectivity index (χ2n) is 5.14. The first-order valence-electron chi connectivity index (χ1n) is 7.40. The largest absolute Gasteiger partial charge is 0.497 e. The van der Waals surface area contributed by atoms with Crippen LogP contribution < -0.4 is 14.2 Å². The van der Waals surface area contributed by atoms with E-state index in [0.29, 0.717) is 22.8 Å². The molecule has 6 nitrogen and oxygen atoms in total. The Hall–Kier alpha value is -2.65. The summed E-state index contributed by atoms with van der Waals surface area (Å²) in [5, 5.41) is 1.80. The molecule has 0 saturated heterocycles. The Labute approximate surface area is 154 Å². The number of thiazole rings is 1. The molecule has 9 heteroatoms. The van der Waals surface area contributed by atoms with Crippen molar-refractivity contribution in [2.24, 2.45) is 0 Å². The van der Waals surface area contributed by atoms with E-state index in [-0.39, 0.29) is 5.13 Å². The fourth-order valence-corrected chi connectivity index (χ4v) is 4.33. The third-order valence-electron chi connectivity index (χ3n) is 3.53. The molecule has 0 unspecified atom stereocenters. The molecule has 2 aromatic carbocycles. The van der Waals surface area contributed by atoms with E-state index in [2.05, 4.69) is 9.71 Å². The zero-order valence-corrected chi connectivity index (χ0v) is 15.5. The quantitative estimate of drug-likeness (QED) is 0.689. The monoisotopic (exact) mass is 394 g/mol. The number of aromatic nitrogens is 1. The lowest BCUT2D eigenvalue weighted by Crippen LogP contribution is -2.14. The molecular formula is C17H15FN2O4S2. The maximum Gasteiger partial charge on any atom is 0.266 e. The van der Waals surface area contributed by atoms with Crippen LogP contribution in [0.1, 0.15) is 0 Å². The van der Waals surface area contributed by atoms with Crippen LogP contribution in [-0.2, 0) is 10.0 Å². The predicted octanol–water partition coefficient (Wildman–Crippen LogP) is 3.77. The van der Waals surface area contributed by atoms with Crippen molar-refractivity contribution in [3.8, 4) is 22.8 Å². The van der Waals surface area contributed by atoms with E-state index in [1.807, 2.05) is 0 Å². The highest BCUT2D eigenvalue weighted by atomic mass is 32.2. The predicted molar refractivity (Wildman–Crippen MR) is 97.9 cm³/mol. The van der Waals surface area contributed by atoms with Crippen molar-refractivity contribution >= 4 is 26.5 Å². The molecule has 0 saturated carbocycles. The van der Waals surface area contributed by atoms with Crippen molar-refractivity contribution in [1.82, 2.24) is 4.98 Å². The Morgan fingerprint density at radius 2 is 1.88 bits per heavy atom. The summed E-state index contributed by atoms with van der Waals surface area (Å²) >= 11 is 1.08. The molecule has 1 aromatic heterocycles. The van der Waals surface area contributed by atoms with Gasteiger partial charge in [0.1, 0.15) is 22.2 Å². The third-order valence-corrected chi connectivity index (χ3v) is 5.79. The molecule has 0 spiro atoms. The summed E-state index contributed by atoms with van der Waals surface area (Å²) in [4.78, 5) is 3.84. The van der Waals surface area contributed by atoms with E-state index in [1.54, 1.807) is 30.7 Å². The smallest absolute Gasteiger partial charge is 0.266 e. The van der Waals surface area contributed by atoms with Gasteiger partial charge in [0, 0.05) is 10.9 Å². The molecule has 26 heavy (non-hydrogen) atoms. The SMILES string of the molecule is COc1ccc(OC)c(-c2csc(NS(=O)(=O)c3ccccc3F)n2)c1. The lowest BCUT2D eigenvalue weighted by Gasteiger charge is -2.08. The van der Waals surface area contributed by atoms with Crippen LogP contribution in [0.5, 0.6) is 11.5 Å². The highest BCUT2D eigenvalue weighted by Crippen LogP contribution is 2.35. The summed E-state index contributed by atoms with van der Waals surface area (Å²) in [7, 11) is -1.00. The molecule has 3 aromatic rings. The molecule has 0 fully saturated rings. The molecule has 0 bridgehead atoms. The Kier molecular flexibility index (Phi) is 5.10. The summed E-state index contributed by atoms with van der Waals surface area (Å²) < 4.78 is 51.3. The molecular weight excluding hydrogens is 379 g/mol. The number of hydrogen-bond acceptors (Lipinski definition) is 6. The van der Waals surface area contributed by atoms with Crippen molar-refractivity contribution in [1.29, 1.82) is 0 Å². The average Bonchev–Trinajstić information content (AvgIpc) is 3.08. The topological polar surface area (TPSA) is 77.5 Å². The summed E-state index contributed by atoms with van der Waals surface area (Å²) in [5.74, 6) is 0.355. The van der Waals surface area contributed by atoms with Crippen molar-refractivity contribution in [3.05, 3.63) is 53.7 Å². The number of methoxy groups -OCH3 is 2. The van der Waals surface area contributed by atoms with Gasteiger partial charge in [-0.1, -0.05) is 12.1 Å². The van der Waals surface area contributed by atoms with Gasteiger partial charge < -0.3 is 9.47 Å². The first kappa shape index (κ1) is 18.2. The molecule has 0 amide bonds. The minimum atomic E-state index is -4.07. The number of ether oxygens (including phenoxy) is 2. The number of benzene rings is 2. The summed E-state index contributed by atoms with van der Waals surface area (Å²) in [5.41, 5.74) is 1.16. The molecule has 3 rings (SSSR count). The highest BCUT2D eigenvalue weighted by Gasteiger charge is 2.20. The molecule has 0 aliphatic heterocycles. The van der Waals surface area contributed by atoms with Gasteiger partial charge >= 0.3 is 0 Å². The van der Waals surface area contributed by atoms with Crippen LogP contribution >= 0.6 is 11.3 Å². The van der Waals surface area contributed by atoms with Gasteiger partial charge in [-0.15, -0.1) is 11.3 Å². The summed E-state index contributed by atoms with van der Waals surface area (Å²) in [6.07, 6.45) is 0. The van der Waals surface area contributed by atoms with E-state index in [4.69, 9.17) is 9.47 Å². The summed E-state index contributed by atoms with van der Waals surface area (Å²) in [6.45, 7) is 0. The fraction of sp³-hybridized carbons (Fsp3) is 0.118. The molecule has 0 aliphatic carbocycles. The second-order valence-corrected chi connectivity index (χ2v) is 7.65. The van der Waals surface area contributed by atoms with Gasteiger partial charge in [-0.25, -0.2) is 17.8 Å². The molecule has 1 N–H and O–H groups in total. The van der Waals surface area contributed by atoms with Gasteiger partial charge in [0.05, 0.1) is 19.9 Å². The average molecular weight is 394 g/mol. The molecule has 0 radical (unpaired) electrons. The molecule has 0 aliphatic rings. The Balaban J connectivity index is 1.93. The van der Waals surface area contributed by atoms with Crippen LogP contribution in [0.2, 0.25) is 0 Å². The van der Waals surface area contributed by atoms with Crippen molar-refractivity contribution in [2.45, 2.75) is 4.90 Å². The van der Waals surface area contributed by atoms with Gasteiger partial charge in [-0.2, -0.15) is 0 Å². The van der Waals surface area contributed by atoms with Crippen LogP contribution in [-0.4, -0.2) is 27.6 Å². The van der Waals surface area contributed by atoms with Gasteiger partial charge in [0.2, 0.25) is 0 Å². The van der Waals surface area contributed by atoms with Crippen LogP contribution in [0, 0.1) is 5.82 Å². The minimum absolute atomic E-state index is 0.119. The van der Waals surface area contributed by atoms with E-state index >= 15 is 0 Å². The minimum Gasteiger partial charge on any atom is -0.497 e. The van der Waals surface area contributed by atoms with E-state index in [0.717, 1.165) is 17.4 Å². The fourth-order valence-electron chi connectivity index (χ4n) is 2.29. The Bertz CT molecular complexity index is 1030. The van der Waals surface area contributed by atoms with Crippen molar-refractivity contribution in [3.63, 3.8) is 0 Å². The Morgan fingerprint density at radius 1 is 1.12 bits per heavy atom. The zero-order valence-electron chi connectivity index (χ0n) is 13.9. The van der Waals surface area contributed by atoms with Crippen molar-refractivity contribution < 1.29 is 22.3 Å². The van der Waals surface area contributed by atoms with E-state index in [1.165, 1.54) is 25.3 Å². The summed E-state index contributed by atoms with van der Waals surface area (Å²) in [6, 6.07) is 10.4. The standard InChI is InChI=1S/C17H15FN2O4S2/c1-23-11-7-8-15(24-2)12(9-11)14-10-25-17(19-14)20-26(21,22)16-6-4-3-5-13(16)18/h3-10H,1-2H3,(H,19,20). The van der Waals surface area contributed by atoms with Gasteiger partial charge in [0.15, 0.2) is 5.13 Å². The lowest BCUT2D eigenvalue weighted by atomic mass is 10.1. The second kappa shape index (κ2) is 7.30. The van der Waals surface area contributed by atoms with E-state index in [9.17, 15) is 12.8 Å². The third kappa shape index (κ3) is 3.63. The van der Waals surface area contributed by atoms with Crippen LogP contribution in [0.4, 0.5) is 9.52 Å². The van der Waals surface area contributed by atoms with Gasteiger partial charge in [-0.05, 0) is 30.3 Å². The first-order valence-corrected chi connectivity index (χ1v) is 9.76. The van der Waals surface area contributed by atoms with Crippen LogP contribution in [0.15, 0.2) is 52.7 Å². The van der Waals surface area contributed by atoms with E-state index < -0.39 is 20.7 Å². The normalized spacial score (nSPS) is 11.2. The van der Waals surface area contributed by atoms with Crippen LogP contribution in [0.3, 0.4) is 0 Å². The first-order chi connectivity index (χ1) is 12.4. The number of nitrogens with one attached hydrogen (secondary N) is 1. The Morgan fingerprint density at radius 3 is 2.58 bits per heavy atom. The zero-order chi connectivity index (χ0) is 18.7. The van der Waals surface area contributed by atoms with Gasteiger partial charge in [-0.3, -0.25) is 4.72 Å². The number of rotatable bonds is 6. The lowest BCUT2D eigenvalue weighted by molar-refractivity contribution is 0.404. The molecule has 136 valence electrons. The maximum absolute atomic E-state index is 13.8. The van der Waals surface area contributed by atoms with Crippen LogP contribution in [0.25, 0.3) is 11.3 Å². The van der Waals surface area contributed by atoms with Crippen molar-refractivity contribution in [2.75, 3.05) is 18.9 Å². The number of sulfonamides is 1. The number of halogens is 1.